The predicted octanol–water partition coefficient (Wildman–Crippen LogP) is 0.821. The van der Waals surface area contributed by atoms with Crippen molar-refractivity contribution in [3.05, 3.63) is 104 Å². The molecule has 17 heteroatoms. The molecule has 0 unspecified atom stereocenters. The van der Waals surface area contributed by atoms with Crippen LogP contribution in [-0.2, 0) is 25.6 Å². The molecular weight excluding hydrogens is 739 g/mol. The summed E-state index contributed by atoms with van der Waals surface area (Å²) in [4.78, 5) is 93.7. The van der Waals surface area contributed by atoms with Crippen LogP contribution in [0.4, 0.5) is 4.39 Å². The number of carbonyl (C=O) groups excluding carboxylic acids is 5. The van der Waals surface area contributed by atoms with E-state index in [1.807, 2.05) is 53.5 Å². The number of aromatic amines is 2. The van der Waals surface area contributed by atoms with E-state index in [4.69, 9.17) is 5.73 Å². The molecule has 1 aliphatic rings. The molecule has 4 rings (SSSR count). The SMILES string of the molecule is CC(C)[C@H](NC(=O)[C@@H](N)CNC(=O)c1[nH]c(=O)[nH]c(=O)c1F)C(=O)N[C@@H](CC1CCCCC1)C(=O)N[C@@H](Cc1ccccc1)[C@@H](O)C(=O)N[C@H](C)c1ccccc1. The Morgan fingerprint density at radius 1 is 0.807 bits per heavy atom. The molecule has 0 spiro atoms. The summed E-state index contributed by atoms with van der Waals surface area (Å²) in [6.07, 6.45) is 3.39. The van der Waals surface area contributed by atoms with E-state index in [-0.39, 0.29) is 18.8 Å². The number of rotatable bonds is 18. The number of aliphatic hydroxyl groups excluding tert-OH is 1. The third kappa shape index (κ3) is 12.9. The molecule has 0 radical (unpaired) electrons. The maximum atomic E-state index is 14.2. The first kappa shape index (κ1) is 44.0. The Balaban J connectivity index is 1.48. The Hall–Kier alpha value is -5.68. The number of aromatic nitrogens is 2. The van der Waals surface area contributed by atoms with Gasteiger partial charge in [0.2, 0.25) is 23.5 Å². The highest BCUT2D eigenvalue weighted by Crippen LogP contribution is 2.28. The number of benzene rings is 2. The number of halogens is 1. The second-order valence-corrected chi connectivity index (χ2v) is 14.8. The topological polar surface area (TPSA) is 257 Å². The average Bonchev–Trinajstić information content (AvgIpc) is 3.20. The molecule has 1 heterocycles. The highest BCUT2D eigenvalue weighted by molar-refractivity contribution is 5.95. The van der Waals surface area contributed by atoms with Crippen LogP contribution in [0.5, 0.6) is 0 Å². The van der Waals surface area contributed by atoms with Crippen molar-refractivity contribution in [1.82, 2.24) is 36.6 Å². The minimum atomic E-state index is -1.66. The quantitative estimate of drug-likeness (QED) is 0.0883. The maximum absolute atomic E-state index is 14.2. The van der Waals surface area contributed by atoms with Crippen LogP contribution in [-0.4, -0.2) is 81.4 Å². The first-order chi connectivity index (χ1) is 27.1. The number of hydrogen-bond donors (Lipinski definition) is 9. The van der Waals surface area contributed by atoms with E-state index in [2.05, 4.69) is 26.6 Å². The molecule has 0 bridgehead atoms. The van der Waals surface area contributed by atoms with Gasteiger partial charge in [-0.2, -0.15) is 4.39 Å². The first-order valence-electron chi connectivity index (χ1n) is 19.2. The molecule has 1 aromatic heterocycles. The Bertz CT molecular complexity index is 1950. The summed E-state index contributed by atoms with van der Waals surface area (Å²) in [5.41, 5.74) is 4.10. The van der Waals surface area contributed by atoms with Crippen LogP contribution in [0.1, 0.15) is 87.0 Å². The molecule has 0 saturated heterocycles. The molecule has 57 heavy (non-hydrogen) atoms. The lowest BCUT2D eigenvalue weighted by Gasteiger charge is -2.31. The van der Waals surface area contributed by atoms with Gasteiger partial charge < -0.3 is 42.4 Å². The molecule has 0 aliphatic heterocycles. The van der Waals surface area contributed by atoms with E-state index in [0.717, 1.165) is 43.2 Å². The largest absolute Gasteiger partial charge is 0.381 e. The van der Waals surface area contributed by atoms with Crippen molar-refractivity contribution in [3.63, 3.8) is 0 Å². The lowest BCUT2D eigenvalue weighted by atomic mass is 9.84. The second kappa shape index (κ2) is 21.0. The van der Waals surface area contributed by atoms with Crippen molar-refractivity contribution in [3.8, 4) is 0 Å². The van der Waals surface area contributed by atoms with Crippen LogP contribution in [0.3, 0.4) is 0 Å². The zero-order valence-corrected chi connectivity index (χ0v) is 32.3. The summed E-state index contributed by atoms with van der Waals surface area (Å²) < 4.78 is 14.1. The van der Waals surface area contributed by atoms with E-state index in [1.165, 1.54) is 0 Å². The summed E-state index contributed by atoms with van der Waals surface area (Å²) in [6.45, 7) is 4.56. The summed E-state index contributed by atoms with van der Waals surface area (Å²) in [5.74, 6) is -5.99. The maximum Gasteiger partial charge on any atom is 0.326 e. The van der Waals surface area contributed by atoms with Crippen LogP contribution in [0.2, 0.25) is 0 Å². The van der Waals surface area contributed by atoms with Crippen LogP contribution in [0.25, 0.3) is 0 Å². The van der Waals surface area contributed by atoms with Crippen LogP contribution in [0.15, 0.2) is 70.3 Å². The Kier molecular flexibility index (Phi) is 16.2. The van der Waals surface area contributed by atoms with E-state index >= 15 is 0 Å². The minimum Gasteiger partial charge on any atom is -0.381 e. The number of H-pyrrole nitrogens is 2. The van der Waals surface area contributed by atoms with Gasteiger partial charge in [-0.25, -0.2) is 4.79 Å². The van der Waals surface area contributed by atoms with E-state index in [9.17, 15) is 43.1 Å². The third-order valence-electron chi connectivity index (χ3n) is 10.0. The van der Waals surface area contributed by atoms with Gasteiger partial charge in [0.15, 0.2) is 6.10 Å². The molecular formula is C40H53FN8O8. The summed E-state index contributed by atoms with van der Waals surface area (Å²) in [6, 6.07) is 13.0. The number of hydrogen-bond acceptors (Lipinski definition) is 9. The molecule has 1 saturated carbocycles. The van der Waals surface area contributed by atoms with Gasteiger partial charge in [0.25, 0.3) is 17.4 Å². The van der Waals surface area contributed by atoms with Crippen molar-refractivity contribution < 1.29 is 33.5 Å². The summed E-state index contributed by atoms with van der Waals surface area (Å²) in [7, 11) is 0. The number of amides is 5. The summed E-state index contributed by atoms with van der Waals surface area (Å²) in [5, 5.41) is 24.6. The highest BCUT2D eigenvalue weighted by atomic mass is 19.1. The van der Waals surface area contributed by atoms with E-state index < -0.39 is 101 Å². The van der Waals surface area contributed by atoms with Crippen molar-refractivity contribution in [2.75, 3.05) is 6.54 Å². The van der Waals surface area contributed by atoms with Crippen molar-refractivity contribution in [2.45, 2.75) is 102 Å². The van der Waals surface area contributed by atoms with Crippen molar-refractivity contribution >= 4 is 29.5 Å². The highest BCUT2D eigenvalue weighted by Gasteiger charge is 2.35. The fraction of sp³-hybridized carbons (Fsp3) is 0.475. The Morgan fingerprint density at radius 2 is 1.44 bits per heavy atom. The molecule has 16 nitrogen and oxygen atoms in total. The van der Waals surface area contributed by atoms with Gasteiger partial charge in [-0.15, -0.1) is 0 Å². The number of carbonyl (C=O) groups is 5. The Morgan fingerprint density at radius 3 is 2.07 bits per heavy atom. The number of nitrogens with two attached hydrogens (primary N) is 1. The summed E-state index contributed by atoms with van der Waals surface area (Å²) >= 11 is 0. The minimum absolute atomic E-state index is 0.103. The zero-order valence-electron chi connectivity index (χ0n) is 32.3. The number of aliphatic hydroxyl groups is 1. The smallest absolute Gasteiger partial charge is 0.326 e. The molecule has 2 aromatic carbocycles. The second-order valence-electron chi connectivity index (χ2n) is 14.8. The van der Waals surface area contributed by atoms with Gasteiger partial charge in [0.1, 0.15) is 23.8 Å². The van der Waals surface area contributed by atoms with Gasteiger partial charge in [0, 0.05) is 6.54 Å². The van der Waals surface area contributed by atoms with Gasteiger partial charge in [-0.3, -0.25) is 33.8 Å². The molecule has 308 valence electrons. The normalized spacial score (nSPS) is 16.3. The predicted molar refractivity (Wildman–Crippen MR) is 209 cm³/mol. The van der Waals surface area contributed by atoms with Crippen LogP contribution >= 0.6 is 0 Å². The van der Waals surface area contributed by atoms with Gasteiger partial charge >= 0.3 is 5.69 Å². The van der Waals surface area contributed by atoms with Crippen LogP contribution < -0.4 is 43.6 Å². The lowest BCUT2D eigenvalue weighted by molar-refractivity contribution is -0.135. The standard InChI is InChI=1S/C40H53FN8O8/c1-22(2)31(47-34(51)27(42)21-43-37(54)32-30(41)36(53)49-40(57)48-32)38(55)46-29(20-25-15-9-5-10-16-25)35(52)45-28(19-24-13-7-4-8-14-24)33(50)39(56)44-23(3)26-17-11-6-12-18-26/h4,6-8,11-14,17-18,22-23,25,27-29,31,33,50H,5,9-10,15-16,19-21,42H2,1-3H3,(H,43,54)(H,44,56)(H,45,52)(H,46,55)(H,47,51)(H2,48,49,53,57)/t23-,27+,28+,29+,31+,33-/m1/s1. The van der Waals surface area contributed by atoms with Crippen molar-refractivity contribution in [2.24, 2.45) is 17.6 Å². The molecule has 1 fully saturated rings. The fourth-order valence-corrected chi connectivity index (χ4v) is 6.76. The molecule has 6 atom stereocenters. The first-order valence-corrected chi connectivity index (χ1v) is 19.2. The zero-order chi connectivity index (χ0) is 41.6. The third-order valence-corrected chi connectivity index (χ3v) is 10.0. The molecule has 1 aliphatic carbocycles. The van der Waals surface area contributed by atoms with E-state index in [0.29, 0.717) is 0 Å². The van der Waals surface area contributed by atoms with Crippen molar-refractivity contribution in [1.29, 1.82) is 0 Å². The lowest BCUT2D eigenvalue weighted by Crippen LogP contribution is -2.60. The fourth-order valence-electron chi connectivity index (χ4n) is 6.76. The van der Waals surface area contributed by atoms with E-state index in [1.54, 1.807) is 37.9 Å². The molecule has 5 amide bonds. The van der Waals surface area contributed by atoms with Crippen LogP contribution in [0, 0.1) is 17.7 Å². The number of nitrogens with one attached hydrogen (secondary N) is 7. The monoisotopic (exact) mass is 792 g/mol. The Labute approximate surface area is 329 Å². The average molecular weight is 793 g/mol. The molecule has 3 aromatic rings. The van der Waals surface area contributed by atoms with Gasteiger partial charge in [0.05, 0.1) is 12.1 Å². The van der Waals surface area contributed by atoms with Gasteiger partial charge in [-0.1, -0.05) is 107 Å². The molecule has 10 N–H and O–H groups in total. The van der Waals surface area contributed by atoms with Gasteiger partial charge in [-0.05, 0) is 42.7 Å².